The molecular formula is C17H24ClNO. The molecule has 0 saturated carbocycles. The minimum atomic E-state index is 0.127. The van der Waals surface area contributed by atoms with Crippen molar-refractivity contribution in [2.75, 3.05) is 17.3 Å². The summed E-state index contributed by atoms with van der Waals surface area (Å²) in [6.07, 6.45) is 0.573. The van der Waals surface area contributed by atoms with Gasteiger partial charge in [0.05, 0.1) is 0 Å². The molecule has 0 aromatic heterocycles. The fourth-order valence-corrected chi connectivity index (χ4v) is 3.12. The number of alkyl halides is 1. The number of hydrogen-bond donors (Lipinski definition) is 0. The number of rotatable bonds is 2. The van der Waals surface area contributed by atoms with E-state index in [2.05, 4.69) is 46.8 Å². The van der Waals surface area contributed by atoms with E-state index in [4.69, 9.17) is 11.6 Å². The van der Waals surface area contributed by atoms with E-state index in [9.17, 15) is 4.79 Å². The highest BCUT2D eigenvalue weighted by Gasteiger charge is 2.32. The lowest BCUT2D eigenvalue weighted by molar-refractivity contribution is -0.117. The van der Waals surface area contributed by atoms with Crippen LogP contribution in [-0.4, -0.2) is 18.3 Å². The fraction of sp³-hybridized carbons (Fsp3) is 0.588. The third-order valence-electron chi connectivity index (χ3n) is 4.05. The summed E-state index contributed by atoms with van der Waals surface area (Å²) in [6.45, 7) is 11.6. The predicted molar refractivity (Wildman–Crippen MR) is 85.8 cm³/mol. The molecule has 2 rings (SSSR count). The van der Waals surface area contributed by atoms with Crippen molar-refractivity contribution < 1.29 is 4.79 Å². The Morgan fingerprint density at radius 1 is 1.25 bits per heavy atom. The van der Waals surface area contributed by atoms with E-state index < -0.39 is 0 Å². The molecular weight excluding hydrogens is 270 g/mol. The summed E-state index contributed by atoms with van der Waals surface area (Å²) in [6, 6.07) is 4.42. The number of nitrogens with zero attached hydrogens (tertiary/aromatic N) is 1. The first kappa shape index (κ1) is 15.4. The summed E-state index contributed by atoms with van der Waals surface area (Å²) in [7, 11) is 0. The van der Waals surface area contributed by atoms with Gasteiger partial charge in [0.15, 0.2) is 0 Å². The largest absolute Gasteiger partial charge is 0.312 e. The molecule has 1 aliphatic heterocycles. The molecule has 1 fully saturated rings. The summed E-state index contributed by atoms with van der Waals surface area (Å²) in [4.78, 5) is 14.1. The number of aryl methyl sites for hydroxylation is 2. The van der Waals surface area contributed by atoms with Gasteiger partial charge in [0.1, 0.15) is 0 Å². The number of halogens is 1. The van der Waals surface area contributed by atoms with E-state index in [1.807, 2.05) is 4.90 Å². The molecule has 0 N–H and O–H groups in total. The van der Waals surface area contributed by atoms with Crippen LogP contribution in [0.5, 0.6) is 0 Å². The smallest absolute Gasteiger partial charge is 0.227 e. The summed E-state index contributed by atoms with van der Waals surface area (Å²) in [5.74, 6) is 1.04. The second kappa shape index (κ2) is 5.40. The number of carbonyl (C=O) groups excluding carboxylic acids is 1. The van der Waals surface area contributed by atoms with Gasteiger partial charge in [-0.2, -0.15) is 0 Å². The van der Waals surface area contributed by atoms with Crippen LogP contribution >= 0.6 is 11.6 Å². The molecule has 0 spiro atoms. The Kier molecular flexibility index (Phi) is 4.15. The van der Waals surface area contributed by atoms with Gasteiger partial charge in [-0.3, -0.25) is 4.79 Å². The van der Waals surface area contributed by atoms with Crippen LogP contribution in [0.1, 0.15) is 43.9 Å². The first-order valence-electron chi connectivity index (χ1n) is 7.22. The van der Waals surface area contributed by atoms with Gasteiger partial charge in [-0.25, -0.2) is 0 Å². The summed E-state index contributed by atoms with van der Waals surface area (Å²) in [5.41, 5.74) is 4.88. The van der Waals surface area contributed by atoms with E-state index in [-0.39, 0.29) is 17.2 Å². The molecule has 110 valence electrons. The van der Waals surface area contributed by atoms with Crippen molar-refractivity contribution in [1.82, 2.24) is 0 Å². The minimum Gasteiger partial charge on any atom is -0.312 e. The van der Waals surface area contributed by atoms with Crippen LogP contribution in [0.3, 0.4) is 0 Å². The lowest BCUT2D eigenvalue weighted by atomic mass is 9.84. The third kappa shape index (κ3) is 2.85. The highest BCUT2D eigenvalue weighted by Crippen LogP contribution is 2.35. The van der Waals surface area contributed by atoms with Crippen LogP contribution in [0.2, 0.25) is 0 Å². The summed E-state index contributed by atoms with van der Waals surface area (Å²) >= 11 is 5.91. The van der Waals surface area contributed by atoms with Crippen molar-refractivity contribution in [1.29, 1.82) is 0 Å². The fourth-order valence-electron chi connectivity index (χ4n) is 2.92. The van der Waals surface area contributed by atoms with Crippen molar-refractivity contribution in [3.8, 4) is 0 Å². The molecule has 1 amide bonds. The monoisotopic (exact) mass is 293 g/mol. The van der Waals surface area contributed by atoms with Gasteiger partial charge in [-0.15, -0.1) is 11.6 Å². The molecule has 1 aliphatic rings. The number of anilines is 1. The van der Waals surface area contributed by atoms with Gasteiger partial charge >= 0.3 is 0 Å². The SMILES string of the molecule is Cc1cc(C(C)(C)C)cc(C)c1N1CC(CCl)CC1=O. The number of hydrogen-bond acceptors (Lipinski definition) is 1. The minimum absolute atomic E-state index is 0.127. The van der Waals surface area contributed by atoms with Gasteiger partial charge in [0.2, 0.25) is 5.91 Å². The molecule has 20 heavy (non-hydrogen) atoms. The quantitative estimate of drug-likeness (QED) is 0.749. The van der Waals surface area contributed by atoms with Crippen LogP contribution in [0, 0.1) is 19.8 Å². The molecule has 3 heteroatoms. The summed E-state index contributed by atoms with van der Waals surface area (Å²) < 4.78 is 0. The Bertz CT molecular complexity index is 507. The highest BCUT2D eigenvalue weighted by atomic mass is 35.5. The Morgan fingerprint density at radius 3 is 2.20 bits per heavy atom. The van der Waals surface area contributed by atoms with Gasteiger partial charge in [-0.05, 0) is 41.9 Å². The molecule has 1 heterocycles. The molecule has 1 saturated heterocycles. The number of carbonyl (C=O) groups is 1. The molecule has 0 aliphatic carbocycles. The lowest BCUT2D eigenvalue weighted by Crippen LogP contribution is -2.27. The van der Waals surface area contributed by atoms with Crippen LogP contribution in [0.25, 0.3) is 0 Å². The zero-order valence-electron chi connectivity index (χ0n) is 13.1. The average molecular weight is 294 g/mol. The van der Waals surface area contributed by atoms with Gasteiger partial charge in [0, 0.05) is 24.5 Å². The van der Waals surface area contributed by atoms with Crippen molar-refractivity contribution >= 4 is 23.2 Å². The van der Waals surface area contributed by atoms with Crippen molar-refractivity contribution in [3.63, 3.8) is 0 Å². The Morgan fingerprint density at radius 2 is 1.80 bits per heavy atom. The standard InChI is InChI=1S/C17H24ClNO/c1-11-6-14(17(3,4)5)7-12(2)16(11)19-10-13(9-18)8-15(19)20/h6-7,13H,8-10H2,1-5H3. The molecule has 1 unspecified atom stereocenters. The third-order valence-corrected chi connectivity index (χ3v) is 4.49. The highest BCUT2D eigenvalue weighted by molar-refractivity contribution is 6.18. The van der Waals surface area contributed by atoms with Crippen LogP contribution in [-0.2, 0) is 10.2 Å². The van der Waals surface area contributed by atoms with Gasteiger partial charge < -0.3 is 4.90 Å². The normalized spacial score (nSPS) is 19.8. The maximum absolute atomic E-state index is 12.2. The van der Waals surface area contributed by atoms with Crippen LogP contribution in [0.15, 0.2) is 12.1 Å². The molecule has 0 bridgehead atoms. The maximum Gasteiger partial charge on any atom is 0.227 e. The number of benzene rings is 1. The maximum atomic E-state index is 12.2. The molecule has 0 radical (unpaired) electrons. The topological polar surface area (TPSA) is 20.3 Å². The first-order chi connectivity index (χ1) is 9.24. The average Bonchev–Trinajstić information content (AvgIpc) is 2.69. The van der Waals surface area contributed by atoms with Crippen LogP contribution in [0.4, 0.5) is 5.69 Å². The Labute approximate surface area is 127 Å². The Hall–Kier alpha value is -1.02. The van der Waals surface area contributed by atoms with Gasteiger partial charge in [0.25, 0.3) is 0 Å². The van der Waals surface area contributed by atoms with E-state index >= 15 is 0 Å². The van der Waals surface area contributed by atoms with E-state index in [1.54, 1.807) is 0 Å². The first-order valence-corrected chi connectivity index (χ1v) is 7.75. The van der Waals surface area contributed by atoms with Gasteiger partial charge in [-0.1, -0.05) is 32.9 Å². The summed E-state index contributed by atoms with van der Waals surface area (Å²) in [5, 5.41) is 0. The zero-order valence-corrected chi connectivity index (χ0v) is 13.8. The lowest BCUT2D eigenvalue weighted by Gasteiger charge is -2.26. The molecule has 2 nitrogen and oxygen atoms in total. The zero-order chi connectivity index (χ0) is 15.1. The second-order valence-electron chi connectivity index (χ2n) is 6.94. The van der Waals surface area contributed by atoms with E-state index in [0.717, 1.165) is 12.2 Å². The molecule has 1 aromatic rings. The van der Waals surface area contributed by atoms with Crippen molar-refractivity contribution in [3.05, 3.63) is 28.8 Å². The van der Waals surface area contributed by atoms with Crippen molar-refractivity contribution in [2.45, 2.75) is 46.5 Å². The van der Waals surface area contributed by atoms with E-state index in [1.165, 1.54) is 16.7 Å². The molecule has 1 aromatic carbocycles. The van der Waals surface area contributed by atoms with Crippen molar-refractivity contribution in [2.24, 2.45) is 5.92 Å². The van der Waals surface area contributed by atoms with Crippen LogP contribution < -0.4 is 4.90 Å². The van der Waals surface area contributed by atoms with E-state index in [0.29, 0.717) is 12.3 Å². The Balaban J connectivity index is 2.41. The molecule has 1 atom stereocenters. The predicted octanol–water partition coefficient (Wildman–Crippen LogP) is 4.19. The number of amides is 1. The second-order valence-corrected chi connectivity index (χ2v) is 7.25.